The zero-order valence-corrected chi connectivity index (χ0v) is 7.97. The molecule has 0 saturated heterocycles. The second kappa shape index (κ2) is 4.62. The molecule has 0 atom stereocenters. The summed E-state index contributed by atoms with van der Waals surface area (Å²) >= 11 is 5.38. The van der Waals surface area contributed by atoms with Gasteiger partial charge in [0, 0.05) is 0 Å². The van der Waals surface area contributed by atoms with Gasteiger partial charge >= 0.3 is 17.5 Å². The van der Waals surface area contributed by atoms with Crippen molar-refractivity contribution in [3.63, 3.8) is 0 Å². The molecule has 9 heteroatoms. The second-order valence-electron chi connectivity index (χ2n) is 2.26. The highest BCUT2D eigenvalue weighted by atomic mass is 35.5. The molecule has 0 aliphatic rings. The van der Waals surface area contributed by atoms with E-state index in [9.17, 15) is 14.9 Å². The summed E-state index contributed by atoms with van der Waals surface area (Å²) in [6, 6.07) is 0. The summed E-state index contributed by atoms with van der Waals surface area (Å²) in [6.45, 7) is -0.418. The van der Waals surface area contributed by atoms with Crippen LogP contribution in [-0.2, 0) is 4.79 Å². The van der Waals surface area contributed by atoms with E-state index in [1.807, 2.05) is 0 Å². The fourth-order valence-electron chi connectivity index (χ4n) is 0.689. The van der Waals surface area contributed by atoms with Crippen LogP contribution in [0.25, 0.3) is 0 Å². The number of carbonyl (C=O) groups excluding carboxylic acids is 1. The van der Waals surface area contributed by atoms with Gasteiger partial charge in [-0.2, -0.15) is 4.98 Å². The predicted molar refractivity (Wildman–Crippen MR) is 48.4 cm³/mol. The molecule has 1 aromatic heterocycles. The van der Waals surface area contributed by atoms with Gasteiger partial charge in [0.2, 0.25) is 5.28 Å². The molecule has 1 aromatic rings. The number of nitrogens with two attached hydrogens (primary N) is 1. The van der Waals surface area contributed by atoms with Gasteiger partial charge in [-0.3, -0.25) is 14.9 Å². The lowest BCUT2D eigenvalue weighted by Crippen LogP contribution is -2.20. The van der Waals surface area contributed by atoms with Crippen LogP contribution in [0.2, 0.25) is 5.28 Å². The van der Waals surface area contributed by atoms with Crippen LogP contribution in [0.1, 0.15) is 0 Å². The van der Waals surface area contributed by atoms with Crippen LogP contribution in [0.4, 0.5) is 5.69 Å². The van der Waals surface area contributed by atoms with Crippen molar-refractivity contribution in [2.24, 2.45) is 5.73 Å². The van der Waals surface area contributed by atoms with E-state index >= 15 is 0 Å². The third-order valence-corrected chi connectivity index (χ3v) is 1.46. The van der Waals surface area contributed by atoms with E-state index in [4.69, 9.17) is 17.3 Å². The van der Waals surface area contributed by atoms with Crippen molar-refractivity contribution in [3.8, 4) is 5.88 Å². The number of ether oxygens (including phenoxy) is 1. The van der Waals surface area contributed by atoms with Crippen molar-refractivity contribution in [2.45, 2.75) is 0 Å². The summed E-state index contributed by atoms with van der Waals surface area (Å²) in [7, 11) is 0. The molecule has 0 radical (unpaired) electrons. The summed E-state index contributed by atoms with van der Waals surface area (Å²) < 4.78 is 4.50. The van der Waals surface area contributed by atoms with Gasteiger partial charge in [-0.15, -0.1) is 0 Å². The molecule has 15 heavy (non-hydrogen) atoms. The Morgan fingerprint density at radius 3 is 2.93 bits per heavy atom. The van der Waals surface area contributed by atoms with Crippen LogP contribution >= 0.6 is 11.6 Å². The average Bonchev–Trinajstić information content (AvgIpc) is 2.17. The van der Waals surface area contributed by atoms with E-state index in [0.29, 0.717) is 0 Å². The van der Waals surface area contributed by atoms with Gasteiger partial charge in [0.15, 0.2) is 0 Å². The highest BCUT2D eigenvalue weighted by molar-refractivity contribution is 6.28. The number of aromatic nitrogens is 2. The van der Waals surface area contributed by atoms with Crippen molar-refractivity contribution < 1.29 is 14.5 Å². The van der Waals surface area contributed by atoms with Crippen molar-refractivity contribution >= 4 is 23.3 Å². The Balaban J connectivity index is 3.07. The third-order valence-electron chi connectivity index (χ3n) is 1.28. The number of halogens is 1. The molecular formula is C6H5ClN4O4. The summed E-state index contributed by atoms with van der Waals surface area (Å²) in [5.41, 5.74) is 4.41. The number of nitrogens with zero attached hydrogens (tertiary/aromatic N) is 3. The summed E-state index contributed by atoms with van der Waals surface area (Å²) in [6.07, 6.45) is 0.842. The van der Waals surface area contributed by atoms with E-state index in [2.05, 4.69) is 14.7 Å². The number of nitro groups is 1. The first-order valence-corrected chi connectivity index (χ1v) is 4.00. The Bertz CT molecular complexity index is 410. The highest BCUT2D eigenvalue weighted by Gasteiger charge is 2.20. The minimum absolute atomic E-state index is 0.263. The normalized spacial score (nSPS) is 9.73. The maximum atomic E-state index is 10.8. The minimum Gasteiger partial charge on any atom is -0.400 e. The van der Waals surface area contributed by atoms with Crippen LogP contribution in [0.15, 0.2) is 6.20 Å². The maximum Gasteiger partial charge on any atom is 0.349 e. The molecule has 0 saturated carbocycles. The molecule has 0 unspecified atom stereocenters. The molecular weight excluding hydrogens is 228 g/mol. The van der Waals surface area contributed by atoms with E-state index in [0.717, 1.165) is 6.20 Å². The highest BCUT2D eigenvalue weighted by Crippen LogP contribution is 2.24. The first kappa shape index (κ1) is 11.3. The Labute approximate surface area is 88.2 Å². The first-order valence-electron chi connectivity index (χ1n) is 3.62. The third kappa shape index (κ3) is 2.82. The van der Waals surface area contributed by atoms with E-state index < -0.39 is 29.0 Å². The van der Waals surface area contributed by atoms with E-state index in [1.165, 1.54) is 0 Å². The average molecular weight is 233 g/mol. The number of rotatable bonds is 3. The summed E-state index contributed by atoms with van der Waals surface area (Å²) in [4.78, 5) is 27.2. The van der Waals surface area contributed by atoms with Crippen LogP contribution in [-0.4, -0.2) is 27.4 Å². The van der Waals surface area contributed by atoms with Gasteiger partial charge in [0.05, 0.1) is 11.5 Å². The molecule has 0 spiro atoms. The predicted octanol–water partition coefficient (Wildman–Crippen LogP) is -0.0977. The molecule has 0 fully saturated rings. The monoisotopic (exact) mass is 232 g/mol. The Kier molecular flexibility index (Phi) is 3.47. The second-order valence-corrected chi connectivity index (χ2v) is 2.60. The summed E-state index contributed by atoms with van der Waals surface area (Å²) in [5, 5.41) is 10.2. The van der Waals surface area contributed by atoms with Crippen LogP contribution < -0.4 is 10.5 Å². The SMILES string of the molecule is NCC(=O)Oc1nc(Cl)ncc1[N+](=O)[O-]. The lowest BCUT2D eigenvalue weighted by atomic mass is 10.5. The fourth-order valence-corrected chi connectivity index (χ4v) is 0.815. The molecule has 1 rings (SSSR count). The minimum atomic E-state index is -0.854. The van der Waals surface area contributed by atoms with Gasteiger partial charge < -0.3 is 10.5 Å². The van der Waals surface area contributed by atoms with Gasteiger partial charge in [0.25, 0.3) is 0 Å². The maximum absolute atomic E-state index is 10.8. The standard InChI is InChI=1S/C6H5ClN4O4/c7-6-9-2-3(11(13)14)5(10-6)15-4(12)1-8/h2H,1,8H2. The van der Waals surface area contributed by atoms with Gasteiger partial charge in [-0.1, -0.05) is 0 Å². The Hall–Kier alpha value is -1.80. The molecule has 0 aromatic carbocycles. The molecule has 8 nitrogen and oxygen atoms in total. The quantitative estimate of drug-likeness (QED) is 0.334. The van der Waals surface area contributed by atoms with Crippen LogP contribution in [0.3, 0.4) is 0 Å². The number of carbonyl (C=O) groups is 1. The Morgan fingerprint density at radius 2 is 2.40 bits per heavy atom. The summed E-state index contributed by atoms with van der Waals surface area (Å²) in [5.74, 6) is -1.37. The van der Waals surface area contributed by atoms with Crippen molar-refractivity contribution in [2.75, 3.05) is 6.54 Å². The number of esters is 1. The smallest absolute Gasteiger partial charge is 0.349 e. The zero-order chi connectivity index (χ0) is 11.4. The van der Waals surface area contributed by atoms with E-state index in [1.54, 1.807) is 0 Å². The molecule has 80 valence electrons. The van der Waals surface area contributed by atoms with Crippen molar-refractivity contribution in [1.82, 2.24) is 9.97 Å². The molecule has 0 aliphatic heterocycles. The van der Waals surface area contributed by atoms with Gasteiger partial charge in [-0.25, -0.2) is 4.98 Å². The molecule has 2 N–H and O–H groups in total. The first-order chi connectivity index (χ1) is 7.04. The number of hydrogen-bond donors (Lipinski definition) is 1. The molecule has 0 bridgehead atoms. The number of hydrogen-bond acceptors (Lipinski definition) is 7. The molecule has 0 amide bonds. The van der Waals surface area contributed by atoms with E-state index in [-0.39, 0.29) is 5.28 Å². The van der Waals surface area contributed by atoms with Gasteiger partial charge in [0.1, 0.15) is 6.20 Å². The topological polar surface area (TPSA) is 121 Å². The van der Waals surface area contributed by atoms with Crippen LogP contribution in [0.5, 0.6) is 5.88 Å². The lowest BCUT2D eigenvalue weighted by Gasteiger charge is -2.01. The van der Waals surface area contributed by atoms with Crippen LogP contribution in [0, 0.1) is 10.1 Å². The lowest BCUT2D eigenvalue weighted by molar-refractivity contribution is -0.386. The van der Waals surface area contributed by atoms with Gasteiger partial charge in [-0.05, 0) is 11.6 Å². The molecule has 1 heterocycles. The van der Waals surface area contributed by atoms with Crippen molar-refractivity contribution in [3.05, 3.63) is 21.6 Å². The van der Waals surface area contributed by atoms with Crippen molar-refractivity contribution in [1.29, 1.82) is 0 Å². The molecule has 0 aliphatic carbocycles. The fraction of sp³-hybridized carbons (Fsp3) is 0.167. The Morgan fingerprint density at radius 1 is 1.73 bits per heavy atom. The zero-order valence-electron chi connectivity index (χ0n) is 7.21. The largest absolute Gasteiger partial charge is 0.400 e.